The molecule has 4 rings (SSSR count). The highest BCUT2D eigenvalue weighted by molar-refractivity contribution is 7.21. The molecular formula is C20H18FNO2S. The Bertz CT molecular complexity index is 979. The molecule has 0 saturated heterocycles. The number of benzene rings is 2. The van der Waals surface area contributed by atoms with Gasteiger partial charge in [0, 0.05) is 29.3 Å². The Morgan fingerprint density at radius 3 is 2.88 bits per heavy atom. The topological polar surface area (TPSA) is 29.5 Å². The van der Waals surface area contributed by atoms with Gasteiger partial charge < -0.3 is 9.64 Å². The van der Waals surface area contributed by atoms with Crippen molar-refractivity contribution >= 4 is 33.0 Å². The number of rotatable bonds is 3. The van der Waals surface area contributed by atoms with Crippen LogP contribution in [0, 0.1) is 12.7 Å². The summed E-state index contributed by atoms with van der Waals surface area (Å²) in [6.07, 6.45) is 0.849. The lowest BCUT2D eigenvalue weighted by molar-refractivity contribution is 0.0989. The number of amides is 1. The lowest BCUT2D eigenvalue weighted by Gasteiger charge is -2.19. The van der Waals surface area contributed by atoms with Gasteiger partial charge in [-0.15, -0.1) is 11.3 Å². The number of methoxy groups -OCH3 is 1. The van der Waals surface area contributed by atoms with Crippen LogP contribution in [0.5, 0.6) is 0 Å². The van der Waals surface area contributed by atoms with Gasteiger partial charge in [-0.2, -0.15) is 0 Å². The molecule has 0 fully saturated rings. The van der Waals surface area contributed by atoms with E-state index >= 15 is 0 Å². The summed E-state index contributed by atoms with van der Waals surface area (Å²) in [4.78, 5) is 15.7. The van der Waals surface area contributed by atoms with Crippen LogP contribution in [-0.4, -0.2) is 19.6 Å². The molecule has 0 saturated carbocycles. The van der Waals surface area contributed by atoms with Crippen molar-refractivity contribution in [3.63, 3.8) is 0 Å². The molecule has 0 aliphatic carbocycles. The smallest absolute Gasteiger partial charge is 0.268 e. The second-order valence-corrected chi connectivity index (χ2v) is 7.30. The predicted octanol–water partition coefficient (Wildman–Crippen LogP) is 4.70. The van der Waals surface area contributed by atoms with E-state index in [9.17, 15) is 9.18 Å². The number of ether oxygens (including phenoxy) is 1. The van der Waals surface area contributed by atoms with Gasteiger partial charge >= 0.3 is 0 Å². The quantitative estimate of drug-likeness (QED) is 0.682. The van der Waals surface area contributed by atoms with Gasteiger partial charge in [0.25, 0.3) is 5.91 Å². The first kappa shape index (κ1) is 16.2. The average molecular weight is 355 g/mol. The van der Waals surface area contributed by atoms with Gasteiger partial charge in [0.1, 0.15) is 5.82 Å². The van der Waals surface area contributed by atoms with Gasteiger partial charge in [0.15, 0.2) is 0 Å². The maximum atomic E-state index is 14.4. The molecule has 0 radical (unpaired) electrons. The third-order valence-corrected chi connectivity index (χ3v) is 5.87. The fourth-order valence-electron chi connectivity index (χ4n) is 3.60. The van der Waals surface area contributed by atoms with E-state index in [1.54, 1.807) is 13.2 Å². The van der Waals surface area contributed by atoms with E-state index in [1.165, 1.54) is 23.0 Å². The SMILES string of the molecule is COCc1c(C(=O)N2CCc3cccc(C)c32)sc2cccc(F)c12. The third-order valence-electron chi connectivity index (χ3n) is 4.69. The molecule has 2 aromatic carbocycles. The molecule has 1 aliphatic heterocycles. The summed E-state index contributed by atoms with van der Waals surface area (Å²) in [6, 6.07) is 11.1. The Morgan fingerprint density at radius 2 is 2.08 bits per heavy atom. The van der Waals surface area contributed by atoms with Crippen molar-refractivity contribution < 1.29 is 13.9 Å². The molecule has 3 aromatic rings. The number of halogens is 1. The number of carbonyl (C=O) groups is 1. The van der Waals surface area contributed by atoms with Crippen LogP contribution in [0.4, 0.5) is 10.1 Å². The monoisotopic (exact) mass is 355 g/mol. The molecule has 0 unspecified atom stereocenters. The molecular weight excluding hydrogens is 337 g/mol. The van der Waals surface area contributed by atoms with E-state index in [-0.39, 0.29) is 18.3 Å². The van der Waals surface area contributed by atoms with E-state index in [0.717, 1.165) is 22.4 Å². The number of anilines is 1. The van der Waals surface area contributed by atoms with Gasteiger partial charge in [0.05, 0.1) is 17.2 Å². The van der Waals surface area contributed by atoms with Crippen LogP contribution in [-0.2, 0) is 17.8 Å². The first-order valence-electron chi connectivity index (χ1n) is 8.21. The number of hydrogen-bond acceptors (Lipinski definition) is 3. The zero-order valence-electron chi connectivity index (χ0n) is 14.1. The highest BCUT2D eigenvalue weighted by atomic mass is 32.1. The normalized spacial score (nSPS) is 13.5. The zero-order chi connectivity index (χ0) is 17.6. The van der Waals surface area contributed by atoms with Crippen molar-refractivity contribution in [2.75, 3.05) is 18.6 Å². The van der Waals surface area contributed by atoms with E-state index in [1.807, 2.05) is 30.0 Å². The van der Waals surface area contributed by atoms with Gasteiger partial charge in [-0.3, -0.25) is 4.79 Å². The molecule has 25 heavy (non-hydrogen) atoms. The van der Waals surface area contributed by atoms with Gasteiger partial charge in [0.2, 0.25) is 0 Å². The summed E-state index contributed by atoms with van der Waals surface area (Å²) < 4.78 is 20.4. The standard InChI is InChI=1S/C20H18FNO2S/c1-12-5-3-6-13-9-10-22(18(12)13)20(23)19-14(11-24-2)17-15(21)7-4-8-16(17)25-19/h3-8H,9-11H2,1-2H3. The maximum absolute atomic E-state index is 14.4. The summed E-state index contributed by atoms with van der Waals surface area (Å²) in [6.45, 7) is 2.89. The first-order valence-corrected chi connectivity index (χ1v) is 9.02. The minimum absolute atomic E-state index is 0.0688. The Balaban J connectivity index is 1.85. The Labute approximate surface area is 149 Å². The van der Waals surface area contributed by atoms with Crippen LogP contribution in [0.3, 0.4) is 0 Å². The van der Waals surface area contributed by atoms with E-state index in [4.69, 9.17) is 4.74 Å². The highest BCUT2D eigenvalue weighted by Gasteiger charge is 2.30. The molecule has 0 N–H and O–H groups in total. The molecule has 5 heteroatoms. The third kappa shape index (κ3) is 2.55. The van der Waals surface area contributed by atoms with Crippen LogP contribution in [0.15, 0.2) is 36.4 Å². The Hall–Kier alpha value is -2.24. The molecule has 2 heterocycles. The largest absolute Gasteiger partial charge is 0.380 e. The van der Waals surface area contributed by atoms with Crippen LogP contribution >= 0.6 is 11.3 Å². The summed E-state index contributed by atoms with van der Waals surface area (Å²) >= 11 is 1.34. The first-order chi connectivity index (χ1) is 12.1. The van der Waals surface area contributed by atoms with Crippen LogP contribution in [0.2, 0.25) is 0 Å². The van der Waals surface area contributed by atoms with Crippen molar-refractivity contribution in [1.29, 1.82) is 0 Å². The summed E-state index contributed by atoms with van der Waals surface area (Å²) in [5.41, 5.74) is 3.92. The highest BCUT2D eigenvalue weighted by Crippen LogP contribution is 2.38. The van der Waals surface area contributed by atoms with Crippen molar-refractivity contribution in [2.24, 2.45) is 0 Å². The second kappa shape index (κ2) is 6.24. The number of carbonyl (C=O) groups excluding carboxylic acids is 1. The molecule has 0 atom stereocenters. The fraction of sp³-hybridized carbons (Fsp3) is 0.250. The summed E-state index contributed by atoms with van der Waals surface area (Å²) in [5.74, 6) is -0.376. The number of para-hydroxylation sites is 1. The van der Waals surface area contributed by atoms with Gasteiger partial charge in [-0.25, -0.2) is 4.39 Å². The maximum Gasteiger partial charge on any atom is 0.268 e. The molecule has 1 aromatic heterocycles. The average Bonchev–Trinajstić information content (AvgIpc) is 3.18. The molecule has 0 bridgehead atoms. The van der Waals surface area contributed by atoms with Crippen LogP contribution in [0.25, 0.3) is 10.1 Å². The van der Waals surface area contributed by atoms with Crippen LogP contribution < -0.4 is 4.90 Å². The van der Waals surface area contributed by atoms with Gasteiger partial charge in [-0.05, 0) is 36.6 Å². The molecule has 3 nitrogen and oxygen atoms in total. The number of fused-ring (bicyclic) bond motifs is 2. The molecule has 128 valence electrons. The fourth-order valence-corrected chi connectivity index (χ4v) is 4.77. The molecule has 1 aliphatic rings. The van der Waals surface area contributed by atoms with Crippen molar-refractivity contribution in [3.05, 3.63) is 63.8 Å². The zero-order valence-corrected chi connectivity index (χ0v) is 15.0. The Morgan fingerprint density at radius 1 is 1.28 bits per heavy atom. The minimum Gasteiger partial charge on any atom is -0.380 e. The lowest BCUT2D eigenvalue weighted by Crippen LogP contribution is -2.29. The number of nitrogens with zero attached hydrogens (tertiary/aromatic N) is 1. The predicted molar refractivity (Wildman–Crippen MR) is 99.1 cm³/mol. The van der Waals surface area contributed by atoms with E-state index < -0.39 is 0 Å². The second-order valence-electron chi connectivity index (χ2n) is 6.25. The number of hydrogen-bond donors (Lipinski definition) is 0. The summed E-state index contributed by atoms with van der Waals surface area (Å²) in [5, 5.41) is 0.502. The lowest BCUT2D eigenvalue weighted by atomic mass is 10.1. The number of thiophene rings is 1. The molecule has 1 amide bonds. The van der Waals surface area contributed by atoms with Gasteiger partial charge in [-0.1, -0.05) is 24.3 Å². The molecule has 0 spiro atoms. The van der Waals surface area contributed by atoms with Crippen molar-refractivity contribution in [2.45, 2.75) is 20.0 Å². The van der Waals surface area contributed by atoms with Crippen molar-refractivity contribution in [1.82, 2.24) is 0 Å². The summed E-state index contributed by atoms with van der Waals surface area (Å²) in [7, 11) is 1.56. The van der Waals surface area contributed by atoms with Crippen molar-refractivity contribution in [3.8, 4) is 0 Å². The van der Waals surface area contributed by atoms with Crippen LogP contribution in [0.1, 0.15) is 26.4 Å². The van der Waals surface area contributed by atoms with E-state index in [2.05, 4.69) is 6.07 Å². The minimum atomic E-state index is -0.308. The van der Waals surface area contributed by atoms with E-state index in [0.29, 0.717) is 22.4 Å². The number of aryl methyl sites for hydroxylation is 1. The Kier molecular flexibility index (Phi) is 4.06.